The first-order valence-corrected chi connectivity index (χ1v) is 7.64. The Bertz CT molecular complexity index is 411. The van der Waals surface area contributed by atoms with E-state index in [4.69, 9.17) is 9.47 Å². The van der Waals surface area contributed by atoms with Crippen LogP contribution in [0.5, 0.6) is 0 Å². The Hall–Kier alpha value is -0.860. The molecule has 0 radical (unpaired) electrons. The highest BCUT2D eigenvalue weighted by molar-refractivity contribution is 5.18. The first-order chi connectivity index (χ1) is 9.26. The molecule has 0 aromatic heterocycles. The standard InChI is InChI=1S/C17H24O2/c1-3-17(4-2)12-14-10-11-15(18-16(14)19-17)13-8-6-5-7-9-13/h5-9,14-16H,3-4,10-12H2,1-2H3/t14-,15?,16+/m1/s1. The van der Waals surface area contributed by atoms with Crippen LogP contribution in [-0.2, 0) is 9.47 Å². The van der Waals surface area contributed by atoms with E-state index in [0.717, 1.165) is 19.3 Å². The van der Waals surface area contributed by atoms with Crippen LogP contribution in [0.1, 0.15) is 57.6 Å². The molecule has 3 rings (SSSR count). The molecule has 2 aliphatic heterocycles. The Morgan fingerprint density at radius 1 is 1.11 bits per heavy atom. The van der Waals surface area contributed by atoms with E-state index in [1.807, 2.05) is 0 Å². The van der Waals surface area contributed by atoms with Gasteiger partial charge in [-0.05, 0) is 37.7 Å². The molecule has 2 heteroatoms. The molecule has 0 N–H and O–H groups in total. The predicted molar refractivity (Wildman–Crippen MR) is 75.8 cm³/mol. The van der Waals surface area contributed by atoms with Crippen molar-refractivity contribution in [3.8, 4) is 0 Å². The highest BCUT2D eigenvalue weighted by Crippen LogP contribution is 2.47. The molecule has 104 valence electrons. The van der Waals surface area contributed by atoms with Gasteiger partial charge in [-0.25, -0.2) is 0 Å². The molecule has 0 spiro atoms. The molecule has 2 aliphatic rings. The third-order valence-electron chi connectivity index (χ3n) is 4.94. The molecule has 2 saturated heterocycles. The molecule has 0 amide bonds. The number of hydrogen-bond acceptors (Lipinski definition) is 2. The van der Waals surface area contributed by atoms with Crippen LogP contribution < -0.4 is 0 Å². The van der Waals surface area contributed by atoms with Crippen molar-refractivity contribution in [3.05, 3.63) is 35.9 Å². The maximum absolute atomic E-state index is 6.28. The van der Waals surface area contributed by atoms with Gasteiger partial charge in [-0.2, -0.15) is 0 Å². The van der Waals surface area contributed by atoms with Crippen molar-refractivity contribution in [3.63, 3.8) is 0 Å². The lowest BCUT2D eigenvalue weighted by Gasteiger charge is -2.32. The number of ether oxygens (including phenoxy) is 2. The Morgan fingerprint density at radius 2 is 1.84 bits per heavy atom. The molecular formula is C17H24O2. The SMILES string of the molecule is CCC1(CC)C[C@H]2CCC(c3ccccc3)O[C@H]2O1. The Morgan fingerprint density at radius 3 is 2.53 bits per heavy atom. The maximum Gasteiger partial charge on any atom is 0.162 e. The first-order valence-electron chi connectivity index (χ1n) is 7.64. The molecule has 0 saturated carbocycles. The number of fused-ring (bicyclic) bond motifs is 1. The fourth-order valence-electron chi connectivity index (χ4n) is 3.56. The zero-order chi connectivity index (χ0) is 13.3. The largest absolute Gasteiger partial charge is 0.346 e. The summed E-state index contributed by atoms with van der Waals surface area (Å²) in [7, 11) is 0. The lowest BCUT2D eigenvalue weighted by molar-refractivity contribution is -0.221. The van der Waals surface area contributed by atoms with Crippen molar-refractivity contribution in [1.29, 1.82) is 0 Å². The summed E-state index contributed by atoms with van der Waals surface area (Å²) in [6.45, 7) is 4.46. The lowest BCUT2D eigenvalue weighted by atomic mass is 9.85. The summed E-state index contributed by atoms with van der Waals surface area (Å²) in [5, 5.41) is 0. The van der Waals surface area contributed by atoms with Crippen molar-refractivity contribution in [2.24, 2.45) is 5.92 Å². The second-order valence-corrected chi connectivity index (χ2v) is 5.95. The first kappa shape index (κ1) is 13.1. The Balaban J connectivity index is 1.71. The van der Waals surface area contributed by atoms with Gasteiger partial charge in [0.05, 0.1) is 11.7 Å². The van der Waals surface area contributed by atoms with Gasteiger partial charge in [0.2, 0.25) is 0 Å². The topological polar surface area (TPSA) is 18.5 Å². The van der Waals surface area contributed by atoms with E-state index in [1.54, 1.807) is 0 Å². The van der Waals surface area contributed by atoms with Gasteiger partial charge in [0.1, 0.15) is 0 Å². The van der Waals surface area contributed by atoms with Gasteiger partial charge in [-0.1, -0.05) is 44.2 Å². The summed E-state index contributed by atoms with van der Waals surface area (Å²) in [5.74, 6) is 0.597. The number of rotatable bonds is 3. The minimum atomic E-state index is 0.0128. The van der Waals surface area contributed by atoms with Crippen LogP contribution in [0.3, 0.4) is 0 Å². The Labute approximate surface area is 116 Å². The van der Waals surface area contributed by atoms with Crippen LogP contribution in [-0.4, -0.2) is 11.9 Å². The zero-order valence-corrected chi connectivity index (χ0v) is 12.0. The molecule has 0 aliphatic carbocycles. The third-order valence-corrected chi connectivity index (χ3v) is 4.94. The number of benzene rings is 1. The van der Waals surface area contributed by atoms with E-state index in [2.05, 4.69) is 44.2 Å². The van der Waals surface area contributed by atoms with Crippen molar-refractivity contribution in [2.45, 2.75) is 63.9 Å². The summed E-state index contributed by atoms with van der Waals surface area (Å²) >= 11 is 0. The summed E-state index contributed by atoms with van der Waals surface area (Å²) in [6.07, 6.45) is 5.94. The minimum absolute atomic E-state index is 0.0128. The molecular weight excluding hydrogens is 236 g/mol. The molecule has 1 aromatic carbocycles. The second-order valence-electron chi connectivity index (χ2n) is 5.95. The van der Waals surface area contributed by atoms with Crippen molar-refractivity contribution in [1.82, 2.24) is 0 Å². The lowest BCUT2D eigenvalue weighted by Crippen LogP contribution is -2.30. The molecule has 3 atom stereocenters. The molecule has 1 aromatic rings. The number of hydrogen-bond donors (Lipinski definition) is 0. The van der Waals surface area contributed by atoms with Gasteiger partial charge >= 0.3 is 0 Å². The highest BCUT2D eigenvalue weighted by atomic mass is 16.7. The minimum Gasteiger partial charge on any atom is -0.346 e. The van der Waals surface area contributed by atoms with Crippen LogP contribution in [0, 0.1) is 5.92 Å². The van der Waals surface area contributed by atoms with Crippen LogP contribution in [0.15, 0.2) is 30.3 Å². The average Bonchev–Trinajstić information content (AvgIpc) is 2.86. The summed E-state index contributed by atoms with van der Waals surface area (Å²) in [5.41, 5.74) is 1.36. The van der Waals surface area contributed by atoms with Gasteiger partial charge in [0.15, 0.2) is 6.29 Å². The van der Waals surface area contributed by atoms with E-state index in [0.29, 0.717) is 5.92 Å². The fraction of sp³-hybridized carbons (Fsp3) is 0.647. The third kappa shape index (κ3) is 2.44. The van der Waals surface area contributed by atoms with Gasteiger partial charge in [0.25, 0.3) is 0 Å². The zero-order valence-electron chi connectivity index (χ0n) is 12.0. The molecule has 2 heterocycles. The molecule has 1 unspecified atom stereocenters. The summed E-state index contributed by atoms with van der Waals surface area (Å²) < 4.78 is 12.5. The van der Waals surface area contributed by atoms with Crippen LogP contribution in [0.25, 0.3) is 0 Å². The second kappa shape index (κ2) is 5.26. The predicted octanol–water partition coefficient (Wildman–Crippen LogP) is 4.46. The van der Waals surface area contributed by atoms with Gasteiger partial charge in [0, 0.05) is 5.92 Å². The van der Waals surface area contributed by atoms with Crippen LogP contribution in [0.4, 0.5) is 0 Å². The maximum atomic E-state index is 6.28. The van der Waals surface area contributed by atoms with Crippen LogP contribution >= 0.6 is 0 Å². The van der Waals surface area contributed by atoms with Crippen LogP contribution in [0.2, 0.25) is 0 Å². The highest BCUT2D eigenvalue weighted by Gasteiger charge is 2.47. The van der Waals surface area contributed by atoms with Gasteiger partial charge in [-0.15, -0.1) is 0 Å². The smallest absolute Gasteiger partial charge is 0.162 e. The van der Waals surface area contributed by atoms with E-state index in [-0.39, 0.29) is 18.0 Å². The normalized spacial score (nSPS) is 33.1. The summed E-state index contributed by atoms with van der Waals surface area (Å²) in [4.78, 5) is 0. The monoisotopic (exact) mass is 260 g/mol. The quantitative estimate of drug-likeness (QED) is 0.799. The molecule has 19 heavy (non-hydrogen) atoms. The summed E-state index contributed by atoms with van der Waals surface area (Å²) in [6, 6.07) is 10.5. The van der Waals surface area contributed by atoms with Gasteiger partial charge in [-0.3, -0.25) is 0 Å². The van der Waals surface area contributed by atoms with Gasteiger partial charge < -0.3 is 9.47 Å². The fourth-order valence-corrected chi connectivity index (χ4v) is 3.56. The van der Waals surface area contributed by atoms with E-state index in [1.165, 1.54) is 18.4 Å². The van der Waals surface area contributed by atoms with Crippen molar-refractivity contribution < 1.29 is 9.47 Å². The molecule has 2 fully saturated rings. The molecule has 0 bridgehead atoms. The van der Waals surface area contributed by atoms with E-state index < -0.39 is 0 Å². The van der Waals surface area contributed by atoms with Crippen molar-refractivity contribution >= 4 is 0 Å². The Kier molecular flexibility index (Phi) is 3.64. The molecule has 2 nitrogen and oxygen atoms in total. The average molecular weight is 260 g/mol. The van der Waals surface area contributed by atoms with Crippen molar-refractivity contribution in [2.75, 3.05) is 0 Å². The van der Waals surface area contributed by atoms with E-state index >= 15 is 0 Å². The van der Waals surface area contributed by atoms with E-state index in [9.17, 15) is 0 Å².